The molecule has 1 aromatic carbocycles. The van der Waals surface area contributed by atoms with Crippen molar-refractivity contribution in [1.82, 2.24) is 0 Å². The molecule has 2 unspecified atom stereocenters. The van der Waals surface area contributed by atoms with Gasteiger partial charge in [-0.2, -0.15) is 0 Å². The number of hydrogen-bond donors (Lipinski definition) is 0. The fourth-order valence-electron chi connectivity index (χ4n) is 8.10. The molecule has 0 bridgehead atoms. The van der Waals surface area contributed by atoms with Crippen molar-refractivity contribution in [2.45, 2.75) is 224 Å². The smallest absolute Gasteiger partial charge is 0.124 e. The largest absolute Gasteiger partial charge is 0.744 e. The van der Waals surface area contributed by atoms with Crippen LogP contribution in [0.3, 0.4) is 0 Å². The van der Waals surface area contributed by atoms with Crippen LogP contribution in [0.5, 0.6) is 0 Å². The number of unbranched alkanes of at least 4 members (excludes halogenated alkanes) is 22. The lowest BCUT2D eigenvalue weighted by Crippen LogP contribution is -2.56. The van der Waals surface area contributed by atoms with Crippen LogP contribution in [0.1, 0.15) is 219 Å². The van der Waals surface area contributed by atoms with E-state index in [2.05, 4.69) is 34.7 Å². The summed E-state index contributed by atoms with van der Waals surface area (Å²) in [6.07, 6.45) is 35.3. The highest BCUT2D eigenvalue weighted by Gasteiger charge is 2.39. The first kappa shape index (κ1) is 45.1. The highest BCUT2D eigenvalue weighted by atomic mass is 32.2. The Morgan fingerprint density at radius 3 is 1.29 bits per heavy atom. The Hall–Kier alpha value is -0.910. The molecule has 0 spiro atoms. The van der Waals surface area contributed by atoms with Gasteiger partial charge in [0, 0.05) is 12.3 Å². The van der Waals surface area contributed by atoms with Gasteiger partial charge in [0.1, 0.15) is 10.1 Å². The monoisotopic (exact) mass is 692 g/mol. The molecular formula is C43H81NO3S. The van der Waals surface area contributed by atoms with Crippen molar-refractivity contribution < 1.29 is 17.5 Å². The molecule has 0 aliphatic carbocycles. The summed E-state index contributed by atoms with van der Waals surface area (Å²) in [6.45, 7) is 11.4. The first-order chi connectivity index (χ1) is 23.2. The molecule has 0 aliphatic heterocycles. The topological polar surface area (TPSA) is 57.2 Å². The standard InChI is InChI=1S/C43H81NO3S/c1-6-10-14-18-21-22-23-25-28-34-40(41-35-30-31-37-43(41)48(45,46)47)42(36-29-24-17-13-9-4)44(5,38-32-26-19-15-11-7-2)39-33-27-20-16-12-8-3/h30-31,35,37,40,42H,6-29,32-34,36,38-39H2,1-5H3. The van der Waals surface area contributed by atoms with Crippen LogP contribution in [-0.2, 0) is 10.1 Å². The molecule has 2 atom stereocenters. The van der Waals surface area contributed by atoms with E-state index >= 15 is 0 Å². The Labute approximate surface area is 301 Å². The summed E-state index contributed by atoms with van der Waals surface area (Å²) in [7, 11) is -2.05. The number of rotatable bonds is 34. The number of hydrogen-bond acceptors (Lipinski definition) is 3. The molecule has 5 heteroatoms. The minimum atomic E-state index is -4.56. The van der Waals surface area contributed by atoms with Crippen molar-refractivity contribution >= 4 is 10.1 Å². The van der Waals surface area contributed by atoms with Gasteiger partial charge in [0.15, 0.2) is 0 Å². The Kier molecular flexibility index (Phi) is 27.0. The molecule has 0 amide bonds. The zero-order valence-corrected chi connectivity index (χ0v) is 33.6. The lowest BCUT2D eigenvalue weighted by atomic mass is 9.81. The summed E-state index contributed by atoms with van der Waals surface area (Å²) in [4.78, 5) is 0.0348. The zero-order chi connectivity index (χ0) is 35.4. The van der Waals surface area contributed by atoms with Crippen LogP contribution in [0.15, 0.2) is 29.2 Å². The molecule has 4 nitrogen and oxygen atoms in total. The second-order valence-corrected chi connectivity index (χ2v) is 16.8. The summed E-state index contributed by atoms with van der Waals surface area (Å²) in [5, 5.41) is 0. The van der Waals surface area contributed by atoms with Gasteiger partial charge < -0.3 is 9.04 Å². The molecule has 0 aromatic heterocycles. The predicted molar refractivity (Wildman–Crippen MR) is 209 cm³/mol. The minimum absolute atomic E-state index is 0.0348. The second kappa shape index (κ2) is 28.8. The van der Waals surface area contributed by atoms with Crippen molar-refractivity contribution in [3.05, 3.63) is 29.8 Å². The van der Waals surface area contributed by atoms with Gasteiger partial charge in [0.25, 0.3) is 0 Å². The van der Waals surface area contributed by atoms with Crippen molar-refractivity contribution in [2.24, 2.45) is 0 Å². The summed E-state index contributed by atoms with van der Waals surface area (Å²) >= 11 is 0. The molecule has 0 fully saturated rings. The fourth-order valence-corrected chi connectivity index (χ4v) is 8.85. The average Bonchev–Trinajstić information content (AvgIpc) is 3.07. The summed E-state index contributed by atoms with van der Waals surface area (Å²) < 4.78 is 39.2. The Morgan fingerprint density at radius 1 is 0.521 bits per heavy atom. The van der Waals surface area contributed by atoms with Gasteiger partial charge >= 0.3 is 0 Å². The first-order valence-corrected chi connectivity index (χ1v) is 22.5. The van der Waals surface area contributed by atoms with Crippen LogP contribution in [0, 0.1) is 0 Å². The highest BCUT2D eigenvalue weighted by molar-refractivity contribution is 7.85. The van der Waals surface area contributed by atoms with Crippen LogP contribution in [-0.4, -0.2) is 43.6 Å². The molecule has 0 saturated carbocycles. The van der Waals surface area contributed by atoms with E-state index in [0.717, 1.165) is 42.4 Å². The third-order valence-electron chi connectivity index (χ3n) is 11.1. The molecule has 0 radical (unpaired) electrons. The Bertz CT molecular complexity index is 962. The molecule has 282 valence electrons. The molecule has 48 heavy (non-hydrogen) atoms. The quantitative estimate of drug-likeness (QED) is 0.0410. The minimum Gasteiger partial charge on any atom is -0.744 e. The molecule has 1 aromatic rings. The maximum atomic E-state index is 12.7. The highest BCUT2D eigenvalue weighted by Crippen LogP contribution is 2.39. The van der Waals surface area contributed by atoms with Gasteiger partial charge in [-0.05, 0) is 50.2 Å². The van der Waals surface area contributed by atoms with E-state index < -0.39 is 10.1 Å². The zero-order valence-electron chi connectivity index (χ0n) is 32.8. The maximum Gasteiger partial charge on any atom is 0.124 e. The van der Waals surface area contributed by atoms with Gasteiger partial charge in [0.2, 0.25) is 0 Å². The van der Waals surface area contributed by atoms with E-state index in [1.165, 1.54) is 161 Å². The lowest BCUT2D eigenvalue weighted by molar-refractivity contribution is -0.936. The van der Waals surface area contributed by atoms with E-state index in [9.17, 15) is 13.0 Å². The summed E-state index contributed by atoms with van der Waals surface area (Å²) in [5.41, 5.74) is 0.806. The molecule has 0 heterocycles. The Morgan fingerprint density at radius 2 is 0.875 bits per heavy atom. The van der Waals surface area contributed by atoms with E-state index in [-0.39, 0.29) is 10.8 Å². The van der Waals surface area contributed by atoms with Crippen molar-refractivity contribution in [3.63, 3.8) is 0 Å². The summed E-state index contributed by atoms with van der Waals surface area (Å²) in [6, 6.07) is 7.62. The van der Waals surface area contributed by atoms with Gasteiger partial charge in [-0.25, -0.2) is 8.42 Å². The van der Waals surface area contributed by atoms with Crippen LogP contribution in [0.2, 0.25) is 0 Å². The average molecular weight is 692 g/mol. The predicted octanol–water partition coefficient (Wildman–Crippen LogP) is 13.5. The number of likely N-dealkylation sites (N-methyl/N-ethyl adjacent to an activating group) is 1. The third-order valence-corrected chi connectivity index (χ3v) is 12.0. The molecule has 0 saturated heterocycles. The van der Waals surface area contributed by atoms with Gasteiger partial charge in [-0.1, -0.05) is 181 Å². The van der Waals surface area contributed by atoms with Crippen molar-refractivity contribution in [2.75, 3.05) is 20.1 Å². The van der Waals surface area contributed by atoms with E-state index in [0.29, 0.717) is 6.04 Å². The van der Waals surface area contributed by atoms with Crippen LogP contribution >= 0.6 is 0 Å². The number of quaternary nitrogens is 1. The Balaban J connectivity index is 3.38. The molecule has 0 aliphatic rings. The van der Waals surface area contributed by atoms with E-state index in [1.807, 2.05) is 12.1 Å². The second-order valence-electron chi connectivity index (χ2n) is 15.4. The van der Waals surface area contributed by atoms with Crippen molar-refractivity contribution in [1.29, 1.82) is 0 Å². The van der Waals surface area contributed by atoms with Crippen molar-refractivity contribution in [3.8, 4) is 0 Å². The van der Waals surface area contributed by atoms with Crippen LogP contribution < -0.4 is 0 Å². The lowest BCUT2D eigenvalue weighted by Gasteiger charge is -2.46. The summed E-state index contributed by atoms with van der Waals surface area (Å²) in [5.74, 6) is 0.0887. The van der Waals surface area contributed by atoms with Crippen LogP contribution in [0.4, 0.5) is 0 Å². The van der Waals surface area contributed by atoms with Crippen LogP contribution in [0.25, 0.3) is 0 Å². The number of benzene rings is 1. The maximum absolute atomic E-state index is 12.7. The van der Waals surface area contributed by atoms with Gasteiger partial charge in [0.05, 0.1) is 31.1 Å². The molecule has 1 rings (SSSR count). The first-order valence-electron chi connectivity index (χ1n) is 21.1. The third kappa shape index (κ3) is 20.1. The normalized spacial score (nSPS) is 13.6. The van der Waals surface area contributed by atoms with Gasteiger partial charge in [-0.15, -0.1) is 0 Å². The van der Waals surface area contributed by atoms with E-state index in [1.54, 1.807) is 12.1 Å². The molecular weight excluding hydrogens is 611 g/mol. The SMILES string of the molecule is CCCCCCCCCCCC(c1ccccc1S(=O)(=O)[O-])C(CCCCCCC)[N+](C)(CCCCCCCC)CCCCCCCC. The van der Waals surface area contributed by atoms with E-state index in [4.69, 9.17) is 0 Å². The molecule has 0 N–H and O–H groups in total. The fraction of sp³-hybridized carbons (Fsp3) is 0.860. The van der Waals surface area contributed by atoms with Gasteiger partial charge in [-0.3, -0.25) is 0 Å². The number of nitrogens with zero attached hydrogens (tertiary/aromatic N) is 1.